The first-order chi connectivity index (χ1) is 15.1. The van der Waals surface area contributed by atoms with Gasteiger partial charge in [0.05, 0.1) is 19.1 Å². The lowest BCUT2D eigenvalue weighted by molar-refractivity contribution is -0.140. The van der Waals surface area contributed by atoms with Gasteiger partial charge in [-0.1, -0.05) is 36.7 Å². The Morgan fingerprint density at radius 1 is 1.16 bits per heavy atom. The van der Waals surface area contributed by atoms with E-state index in [1.807, 2.05) is 0 Å². The molecule has 0 unspecified atom stereocenters. The van der Waals surface area contributed by atoms with Crippen molar-refractivity contribution in [3.8, 4) is 5.75 Å². The van der Waals surface area contributed by atoms with E-state index < -0.39 is 28.5 Å². The molecule has 8 nitrogen and oxygen atoms in total. The van der Waals surface area contributed by atoms with E-state index in [2.05, 4.69) is 5.32 Å². The number of ether oxygens (including phenoxy) is 1. The van der Waals surface area contributed by atoms with Crippen molar-refractivity contribution in [2.24, 2.45) is 0 Å². The van der Waals surface area contributed by atoms with Crippen LogP contribution in [0.2, 0.25) is 5.02 Å². The number of amides is 2. The van der Waals surface area contributed by atoms with E-state index in [9.17, 15) is 18.0 Å². The highest BCUT2D eigenvalue weighted by molar-refractivity contribution is 7.92. The van der Waals surface area contributed by atoms with Crippen LogP contribution in [0.1, 0.15) is 18.9 Å². The normalized spacial score (nSPS) is 12.0. The van der Waals surface area contributed by atoms with Crippen molar-refractivity contribution in [1.29, 1.82) is 0 Å². The maximum Gasteiger partial charge on any atom is 0.244 e. The van der Waals surface area contributed by atoms with Crippen LogP contribution >= 0.6 is 11.6 Å². The number of sulfonamides is 1. The molecule has 2 rings (SSSR count). The number of hydrogen-bond acceptors (Lipinski definition) is 5. The van der Waals surface area contributed by atoms with Gasteiger partial charge < -0.3 is 15.0 Å². The Morgan fingerprint density at radius 2 is 1.81 bits per heavy atom. The summed E-state index contributed by atoms with van der Waals surface area (Å²) in [6.45, 7) is 1.45. The highest BCUT2D eigenvalue weighted by atomic mass is 35.5. The van der Waals surface area contributed by atoms with Gasteiger partial charge in [0.15, 0.2) is 0 Å². The molecule has 174 valence electrons. The fraction of sp³-hybridized carbons (Fsp3) is 0.364. The van der Waals surface area contributed by atoms with Gasteiger partial charge in [0, 0.05) is 24.7 Å². The van der Waals surface area contributed by atoms with Crippen molar-refractivity contribution in [3.63, 3.8) is 0 Å². The molecule has 0 aliphatic carbocycles. The van der Waals surface area contributed by atoms with Gasteiger partial charge >= 0.3 is 0 Å². The Hall–Kier alpha value is -2.78. The number of hydrogen-bond donors (Lipinski definition) is 1. The minimum atomic E-state index is -3.80. The van der Waals surface area contributed by atoms with E-state index in [0.29, 0.717) is 22.9 Å². The topological polar surface area (TPSA) is 96.0 Å². The van der Waals surface area contributed by atoms with Crippen LogP contribution < -0.4 is 14.4 Å². The molecule has 2 aromatic carbocycles. The summed E-state index contributed by atoms with van der Waals surface area (Å²) < 4.78 is 31.3. The minimum absolute atomic E-state index is 0.123. The van der Waals surface area contributed by atoms with Crippen LogP contribution in [-0.2, 0) is 26.2 Å². The van der Waals surface area contributed by atoms with Crippen molar-refractivity contribution in [3.05, 3.63) is 59.1 Å². The van der Waals surface area contributed by atoms with Gasteiger partial charge in [-0.25, -0.2) is 8.42 Å². The van der Waals surface area contributed by atoms with E-state index in [0.717, 1.165) is 16.1 Å². The summed E-state index contributed by atoms with van der Waals surface area (Å²) in [6.07, 6.45) is 1.39. The molecule has 0 bridgehead atoms. The summed E-state index contributed by atoms with van der Waals surface area (Å²) >= 11 is 5.96. The molecule has 2 aromatic rings. The zero-order valence-corrected chi connectivity index (χ0v) is 20.1. The Labute approximate surface area is 194 Å². The molecule has 1 N–H and O–H groups in total. The molecule has 0 aliphatic heterocycles. The highest BCUT2D eigenvalue weighted by Crippen LogP contribution is 2.24. The molecule has 0 radical (unpaired) electrons. The van der Waals surface area contributed by atoms with Crippen LogP contribution in [0.3, 0.4) is 0 Å². The van der Waals surface area contributed by atoms with Crippen LogP contribution in [0.25, 0.3) is 0 Å². The molecule has 0 spiro atoms. The van der Waals surface area contributed by atoms with Gasteiger partial charge in [-0.3, -0.25) is 13.9 Å². The predicted octanol–water partition coefficient (Wildman–Crippen LogP) is 2.67. The number of halogens is 1. The Balaban J connectivity index is 2.42. The third kappa shape index (κ3) is 6.61. The Morgan fingerprint density at radius 3 is 2.34 bits per heavy atom. The monoisotopic (exact) mass is 481 g/mol. The average molecular weight is 482 g/mol. The number of anilines is 1. The quantitative estimate of drug-likeness (QED) is 0.562. The van der Waals surface area contributed by atoms with Crippen LogP contribution in [0.15, 0.2) is 48.5 Å². The molecule has 0 aromatic heterocycles. The number of carbonyl (C=O) groups is 2. The Bertz CT molecular complexity index is 1040. The van der Waals surface area contributed by atoms with Crippen molar-refractivity contribution >= 4 is 39.1 Å². The molecule has 2 amide bonds. The van der Waals surface area contributed by atoms with E-state index in [1.165, 1.54) is 25.1 Å². The molecule has 0 heterocycles. The van der Waals surface area contributed by atoms with E-state index in [-0.39, 0.29) is 12.5 Å². The van der Waals surface area contributed by atoms with Gasteiger partial charge in [0.2, 0.25) is 21.8 Å². The number of nitrogens with one attached hydrogen (secondary N) is 1. The van der Waals surface area contributed by atoms with Gasteiger partial charge in [-0.05, 0) is 36.2 Å². The summed E-state index contributed by atoms with van der Waals surface area (Å²) in [5.41, 5.74) is 1.05. The summed E-state index contributed by atoms with van der Waals surface area (Å²) in [5.74, 6) is -0.385. The summed E-state index contributed by atoms with van der Waals surface area (Å²) in [5, 5.41) is 3.12. The van der Waals surface area contributed by atoms with Crippen LogP contribution in [0.4, 0.5) is 5.69 Å². The smallest absolute Gasteiger partial charge is 0.244 e. The average Bonchev–Trinajstić information content (AvgIpc) is 2.77. The SMILES string of the molecule is CC[C@@H](C(=O)NC)N(Cc1ccc(Cl)cc1)C(=O)CN(c1cccc(OC)c1)S(C)(=O)=O. The third-order valence-electron chi connectivity index (χ3n) is 4.92. The lowest BCUT2D eigenvalue weighted by Crippen LogP contribution is -2.51. The molecule has 0 saturated carbocycles. The zero-order chi connectivity index (χ0) is 23.9. The Kier molecular flexibility index (Phi) is 8.91. The number of methoxy groups -OCH3 is 1. The summed E-state index contributed by atoms with van der Waals surface area (Å²) in [4.78, 5) is 27.3. The highest BCUT2D eigenvalue weighted by Gasteiger charge is 2.31. The molecule has 0 aliphatic rings. The first-order valence-corrected chi connectivity index (χ1v) is 12.2. The minimum Gasteiger partial charge on any atom is -0.497 e. The van der Waals surface area contributed by atoms with Gasteiger partial charge in [-0.15, -0.1) is 0 Å². The lowest BCUT2D eigenvalue weighted by Gasteiger charge is -2.32. The second-order valence-electron chi connectivity index (χ2n) is 7.16. The number of benzene rings is 2. The van der Waals surface area contributed by atoms with E-state index in [1.54, 1.807) is 49.4 Å². The molecular formula is C22H28ClN3O5S. The van der Waals surface area contributed by atoms with Crippen LogP contribution in [0, 0.1) is 0 Å². The van der Waals surface area contributed by atoms with Crippen LogP contribution in [0.5, 0.6) is 5.75 Å². The molecule has 32 heavy (non-hydrogen) atoms. The first-order valence-electron chi connectivity index (χ1n) is 9.98. The molecule has 1 atom stereocenters. The molecular weight excluding hydrogens is 454 g/mol. The predicted molar refractivity (Wildman–Crippen MR) is 125 cm³/mol. The van der Waals surface area contributed by atoms with Crippen LogP contribution in [-0.4, -0.2) is 58.1 Å². The maximum absolute atomic E-state index is 13.4. The second-order valence-corrected chi connectivity index (χ2v) is 9.50. The first kappa shape index (κ1) is 25.5. The van der Waals surface area contributed by atoms with Gasteiger partial charge in [0.25, 0.3) is 0 Å². The fourth-order valence-corrected chi connectivity index (χ4v) is 4.22. The fourth-order valence-electron chi connectivity index (χ4n) is 3.25. The van der Waals surface area contributed by atoms with Crippen molar-refractivity contribution in [2.45, 2.75) is 25.9 Å². The van der Waals surface area contributed by atoms with E-state index in [4.69, 9.17) is 16.3 Å². The summed E-state index contributed by atoms with van der Waals surface area (Å²) in [6, 6.07) is 12.6. The summed E-state index contributed by atoms with van der Waals surface area (Å²) in [7, 11) is -0.831. The zero-order valence-electron chi connectivity index (χ0n) is 18.5. The third-order valence-corrected chi connectivity index (χ3v) is 6.31. The lowest BCUT2D eigenvalue weighted by atomic mass is 10.1. The number of nitrogens with zero attached hydrogens (tertiary/aromatic N) is 2. The van der Waals surface area contributed by atoms with Crippen molar-refractivity contribution < 1.29 is 22.7 Å². The number of likely N-dealkylation sites (N-methyl/N-ethyl adjacent to an activating group) is 1. The van der Waals surface area contributed by atoms with Gasteiger partial charge in [-0.2, -0.15) is 0 Å². The maximum atomic E-state index is 13.4. The van der Waals surface area contributed by atoms with Gasteiger partial charge in [0.1, 0.15) is 18.3 Å². The largest absolute Gasteiger partial charge is 0.497 e. The second kappa shape index (κ2) is 11.2. The number of carbonyl (C=O) groups excluding carboxylic acids is 2. The van der Waals surface area contributed by atoms with Crippen molar-refractivity contribution in [2.75, 3.05) is 31.3 Å². The number of rotatable bonds is 10. The molecule has 0 saturated heterocycles. The standard InChI is InChI=1S/C22H28ClN3O5S/c1-5-20(22(28)24-2)25(14-16-9-11-17(23)12-10-16)21(27)15-26(32(4,29)30)18-7-6-8-19(13-18)31-3/h6-13,20H,5,14-15H2,1-4H3,(H,24,28)/t20-/m0/s1. The molecule has 10 heteroatoms. The van der Waals surface area contributed by atoms with Crippen molar-refractivity contribution in [1.82, 2.24) is 10.2 Å². The molecule has 0 fully saturated rings. The van der Waals surface area contributed by atoms with E-state index >= 15 is 0 Å².